The van der Waals surface area contributed by atoms with Crippen LogP contribution in [-0.4, -0.2) is 46.0 Å². The molecule has 0 bridgehead atoms. The topological polar surface area (TPSA) is 180 Å². The predicted molar refractivity (Wildman–Crippen MR) is 126 cm³/mol. The van der Waals surface area contributed by atoms with Gasteiger partial charge in [-0.05, 0) is 35.4 Å². The highest BCUT2D eigenvalue weighted by atomic mass is 16.6. The van der Waals surface area contributed by atoms with Crippen LogP contribution in [0.25, 0.3) is 0 Å². The monoisotopic (exact) mass is 528 g/mol. The van der Waals surface area contributed by atoms with Crippen molar-refractivity contribution in [2.24, 2.45) is 11.8 Å². The Hall–Kier alpha value is -4.74. The number of benzene rings is 2. The molecule has 0 heterocycles. The lowest BCUT2D eigenvalue weighted by molar-refractivity contribution is -0.160. The van der Waals surface area contributed by atoms with Gasteiger partial charge < -0.3 is 29.2 Å². The van der Waals surface area contributed by atoms with Crippen LogP contribution in [0.1, 0.15) is 50.7 Å². The van der Waals surface area contributed by atoms with Gasteiger partial charge in [-0.2, -0.15) is 0 Å². The largest absolute Gasteiger partial charge is 0.481 e. The Morgan fingerprint density at radius 1 is 0.526 bits per heavy atom. The van der Waals surface area contributed by atoms with Crippen molar-refractivity contribution in [2.45, 2.75) is 39.5 Å². The van der Waals surface area contributed by atoms with Crippen LogP contribution in [0.15, 0.2) is 36.4 Å². The molecule has 12 nitrogen and oxygen atoms in total. The number of hydrogen-bond donors (Lipinski definition) is 2. The van der Waals surface area contributed by atoms with E-state index in [1.807, 2.05) is 0 Å². The number of aliphatic carboxylic acids is 2. The molecule has 0 aliphatic heterocycles. The lowest BCUT2D eigenvalue weighted by Gasteiger charge is -2.48. The van der Waals surface area contributed by atoms with Gasteiger partial charge in [0.15, 0.2) is 23.0 Å². The predicted octanol–water partition coefficient (Wildman–Crippen LogP) is 2.67. The molecule has 1 aliphatic carbocycles. The summed E-state index contributed by atoms with van der Waals surface area (Å²) < 4.78 is 20.3. The quantitative estimate of drug-likeness (QED) is 0.378. The Balaban J connectivity index is 2.09. The number of rotatable bonds is 8. The third-order valence-corrected chi connectivity index (χ3v) is 5.84. The standard InChI is InChI=1S/C26H24O12/c1-11(27)35-17-7-5-15(9-19(17)37-13(3)29)21-23(25(31)32)22(24(21)26(33)34)16-6-8-18(36-12(2)28)20(10-16)38-14(4)30/h5-10,21-24H,1-4H3,(H,31,32)(H,33,34). The number of esters is 4. The molecule has 2 N–H and O–H groups in total. The van der Waals surface area contributed by atoms with Gasteiger partial charge in [-0.1, -0.05) is 12.1 Å². The Bertz CT molecular complexity index is 1220. The SMILES string of the molecule is CC(=O)Oc1ccc(C2C(C(=O)O)C(c3ccc(OC(C)=O)c(OC(C)=O)c3)C2C(=O)O)cc1OC(C)=O. The second kappa shape index (κ2) is 11.1. The molecule has 1 aliphatic rings. The smallest absolute Gasteiger partial charge is 0.308 e. The van der Waals surface area contributed by atoms with Gasteiger partial charge in [0.1, 0.15) is 0 Å². The van der Waals surface area contributed by atoms with Gasteiger partial charge in [0.05, 0.1) is 11.8 Å². The average molecular weight is 528 g/mol. The van der Waals surface area contributed by atoms with E-state index in [9.17, 15) is 39.0 Å². The summed E-state index contributed by atoms with van der Waals surface area (Å²) in [6.07, 6.45) is 0. The van der Waals surface area contributed by atoms with E-state index in [0.717, 1.165) is 27.7 Å². The van der Waals surface area contributed by atoms with Crippen molar-refractivity contribution in [3.63, 3.8) is 0 Å². The number of ether oxygens (including phenoxy) is 4. The van der Waals surface area contributed by atoms with E-state index in [0.29, 0.717) is 0 Å². The van der Waals surface area contributed by atoms with Crippen molar-refractivity contribution >= 4 is 35.8 Å². The zero-order chi connectivity index (χ0) is 28.3. The minimum atomic E-state index is -1.30. The van der Waals surface area contributed by atoms with Crippen LogP contribution in [0, 0.1) is 11.8 Å². The van der Waals surface area contributed by atoms with E-state index in [4.69, 9.17) is 18.9 Å². The van der Waals surface area contributed by atoms with E-state index in [1.54, 1.807) is 0 Å². The van der Waals surface area contributed by atoms with Crippen molar-refractivity contribution < 1.29 is 57.9 Å². The molecule has 2 aromatic rings. The normalized spacial score (nSPS) is 19.9. The summed E-state index contributed by atoms with van der Waals surface area (Å²) >= 11 is 0. The first-order chi connectivity index (χ1) is 17.8. The van der Waals surface area contributed by atoms with E-state index in [1.165, 1.54) is 36.4 Å². The minimum absolute atomic E-state index is 0.0989. The molecule has 0 spiro atoms. The van der Waals surface area contributed by atoms with Crippen LogP contribution in [0.5, 0.6) is 23.0 Å². The van der Waals surface area contributed by atoms with Crippen LogP contribution in [0.2, 0.25) is 0 Å². The van der Waals surface area contributed by atoms with Crippen molar-refractivity contribution in [3.8, 4) is 23.0 Å². The van der Waals surface area contributed by atoms with Gasteiger partial charge >= 0.3 is 35.8 Å². The summed E-state index contributed by atoms with van der Waals surface area (Å²) in [5, 5.41) is 20.1. The lowest BCUT2D eigenvalue weighted by Crippen LogP contribution is -2.50. The molecule has 0 aromatic heterocycles. The molecule has 12 heteroatoms. The van der Waals surface area contributed by atoms with E-state index in [-0.39, 0.29) is 34.1 Å². The molecule has 0 radical (unpaired) electrons. The summed E-state index contributed by atoms with van der Waals surface area (Å²) in [5.41, 5.74) is 0.454. The fourth-order valence-electron chi connectivity index (χ4n) is 4.60. The second-order valence-electron chi connectivity index (χ2n) is 8.57. The molecule has 3 rings (SSSR count). The van der Waals surface area contributed by atoms with E-state index in [2.05, 4.69) is 0 Å². The molecule has 0 atom stereocenters. The van der Waals surface area contributed by atoms with E-state index >= 15 is 0 Å². The van der Waals surface area contributed by atoms with Gasteiger partial charge in [-0.3, -0.25) is 28.8 Å². The number of carboxylic acids is 2. The molecule has 0 amide bonds. The first-order valence-electron chi connectivity index (χ1n) is 11.3. The van der Waals surface area contributed by atoms with Crippen molar-refractivity contribution in [3.05, 3.63) is 47.5 Å². The van der Waals surface area contributed by atoms with Crippen LogP contribution >= 0.6 is 0 Å². The molecule has 2 aromatic carbocycles. The lowest BCUT2D eigenvalue weighted by atomic mass is 9.52. The first kappa shape index (κ1) is 27.8. The summed E-state index contributed by atoms with van der Waals surface area (Å²) in [7, 11) is 0. The molecule has 0 unspecified atom stereocenters. The zero-order valence-electron chi connectivity index (χ0n) is 20.8. The van der Waals surface area contributed by atoms with Gasteiger partial charge in [0.2, 0.25) is 0 Å². The molecular formula is C26H24O12. The van der Waals surface area contributed by atoms with Crippen LogP contribution in [0.4, 0.5) is 0 Å². The maximum absolute atomic E-state index is 12.4. The summed E-state index contributed by atoms with van der Waals surface area (Å²) in [6, 6.07) is 7.89. The van der Waals surface area contributed by atoms with Crippen molar-refractivity contribution in [1.29, 1.82) is 0 Å². The molecular weight excluding hydrogens is 504 g/mol. The molecule has 200 valence electrons. The minimum Gasteiger partial charge on any atom is -0.481 e. The fraction of sp³-hybridized carbons (Fsp3) is 0.308. The number of carbonyl (C=O) groups excluding carboxylic acids is 4. The Kier molecular flexibility index (Phi) is 8.14. The average Bonchev–Trinajstić information content (AvgIpc) is 2.74. The highest BCUT2D eigenvalue weighted by Crippen LogP contribution is 2.59. The molecule has 1 saturated carbocycles. The Labute approximate surface area is 216 Å². The van der Waals surface area contributed by atoms with Crippen molar-refractivity contribution in [1.82, 2.24) is 0 Å². The maximum Gasteiger partial charge on any atom is 0.308 e. The molecule has 0 saturated heterocycles. The maximum atomic E-state index is 12.4. The van der Waals surface area contributed by atoms with Crippen LogP contribution in [-0.2, 0) is 28.8 Å². The van der Waals surface area contributed by atoms with Gasteiger partial charge in [0, 0.05) is 39.5 Å². The third kappa shape index (κ3) is 5.97. The zero-order valence-corrected chi connectivity index (χ0v) is 20.8. The highest BCUT2D eigenvalue weighted by Gasteiger charge is 2.59. The van der Waals surface area contributed by atoms with Gasteiger partial charge in [-0.15, -0.1) is 0 Å². The summed E-state index contributed by atoms with van der Waals surface area (Å²) in [6.45, 7) is 4.51. The molecule has 1 fully saturated rings. The summed E-state index contributed by atoms with van der Waals surface area (Å²) in [4.78, 5) is 70.7. The third-order valence-electron chi connectivity index (χ3n) is 5.84. The number of hydrogen-bond acceptors (Lipinski definition) is 10. The van der Waals surface area contributed by atoms with Gasteiger partial charge in [-0.25, -0.2) is 0 Å². The number of carbonyl (C=O) groups is 6. The van der Waals surface area contributed by atoms with Crippen LogP contribution < -0.4 is 18.9 Å². The Morgan fingerprint density at radius 2 is 0.816 bits per heavy atom. The van der Waals surface area contributed by atoms with Crippen molar-refractivity contribution in [2.75, 3.05) is 0 Å². The van der Waals surface area contributed by atoms with Gasteiger partial charge in [0.25, 0.3) is 0 Å². The Morgan fingerprint density at radius 3 is 1.08 bits per heavy atom. The second-order valence-corrected chi connectivity index (χ2v) is 8.57. The van der Waals surface area contributed by atoms with Crippen LogP contribution in [0.3, 0.4) is 0 Å². The fourth-order valence-corrected chi connectivity index (χ4v) is 4.60. The van der Waals surface area contributed by atoms with E-state index < -0.39 is 59.5 Å². The summed E-state index contributed by atoms with van der Waals surface area (Å²) in [5.74, 6) is -10.7. The first-order valence-corrected chi connectivity index (χ1v) is 11.3. The number of carboxylic acid groups (broad SMARTS) is 2. The molecule has 38 heavy (non-hydrogen) atoms. The highest BCUT2D eigenvalue weighted by molar-refractivity contribution is 5.84.